The lowest BCUT2D eigenvalue weighted by Gasteiger charge is -2.17. The molecule has 1 heterocycles. The van der Waals surface area contributed by atoms with Crippen molar-refractivity contribution in [3.8, 4) is 11.1 Å². The van der Waals surface area contributed by atoms with Crippen LogP contribution < -0.4 is 5.43 Å². The minimum Gasteiger partial charge on any atom is -0.347 e. The quantitative estimate of drug-likeness (QED) is 0.507. The summed E-state index contributed by atoms with van der Waals surface area (Å²) < 4.78 is 2.22. The molecule has 0 N–H and O–H groups in total. The number of aryl methyl sites for hydroxylation is 1. The third-order valence-electron chi connectivity index (χ3n) is 5.01. The number of benzene rings is 2. The fraction of sp³-hybridized carbons (Fsp3) is 0.348. The number of rotatable bonds is 7. The minimum atomic E-state index is 0.156. The highest BCUT2D eigenvalue weighted by atomic mass is 16.1. The molecule has 0 radical (unpaired) electrons. The maximum Gasteiger partial charge on any atom is 0.197 e. The summed E-state index contributed by atoms with van der Waals surface area (Å²) in [7, 11) is 2.09. The van der Waals surface area contributed by atoms with Gasteiger partial charge in [0.15, 0.2) is 5.43 Å². The van der Waals surface area contributed by atoms with Gasteiger partial charge in [0.05, 0.1) is 5.52 Å². The first-order valence-electron chi connectivity index (χ1n) is 9.40. The zero-order valence-corrected chi connectivity index (χ0v) is 15.3. The van der Waals surface area contributed by atoms with E-state index in [2.05, 4.69) is 18.5 Å². The van der Waals surface area contributed by atoms with Crippen LogP contribution in [0.1, 0.15) is 44.7 Å². The van der Waals surface area contributed by atoms with Gasteiger partial charge in [-0.25, -0.2) is 0 Å². The van der Waals surface area contributed by atoms with Gasteiger partial charge >= 0.3 is 0 Å². The van der Waals surface area contributed by atoms with E-state index < -0.39 is 0 Å². The van der Waals surface area contributed by atoms with Crippen LogP contribution in [0, 0.1) is 0 Å². The van der Waals surface area contributed by atoms with Crippen LogP contribution in [-0.2, 0) is 13.5 Å². The summed E-state index contributed by atoms with van der Waals surface area (Å²) in [6, 6.07) is 18.1. The van der Waals surface area contributed by atoms with Crippen LogP contribution in [0.25, 0.3) is 22.0 Å². The maximum absolute atomic E-state index is 13.2. The highest BCUT2D eigenvalue weighted by molar-refractivity contribution is 5.85. The third kappa shape index (κ3) is 3.68. The van der Waals surface area contributed by atoms with E-state index in [-0.39, 0.29) is 5.43 Å². The van der Waals surface area contributed by atoms with Crippen LogP contribution in [-0.4, -0.2) is 4.57 Å². The fourth-order valence-electron chi connectivity index (χ4n) is 3.63. The molecule has 2 nitrogen and oxygen atoms in total. The molecule has 0 saturated carbocycles. The van der Waals surface area contributed by atoms with E-state index in [4.69, 9.17) is 0 Å². The van der Waals surface area contributed by atoms with E-state index in [1.807, 2.05) is 54.6 Å². The van der Waals surface area contributed by atoms with Gasteiger partial charge in [0.1, 0.15) is 0 Å². The van der Waals surface area contributed by atoms with Gasteiger partial charge in [-0.2, -0.15) is 0 Å². The number of fused-ring (bicyclic) bond motifs is 1. The molecule has 0 spiro atoms. The lowest BCUT2D eigenvalue weighted by molar-refractivity contribution is 0.621. The Morgan fingerprint density at radius 2 is 1.52 bits per heavy atom. The molecule has 130 valence electrons. The summed E-state index contributed by atoms with van der Waals surface area (Å²) in [5, 5.41) is 0.804. The number of unbranched alkanes of at least 4 members (excludes halogenated alkanes) is 4. The van der Waals surface area contributed by atoms with Gasteiger partial charge in [-0.3, -0.25) is 4.79 Å². The summed E-state index contributed by atoms with van der Waals surface area (Å²) >= 11 is 0. The van der Waals surface area contributed by atoms with E-state index in [0.29, 0.717) is 0 Å². The van der Waals surface area contributed by atoms with Crippen molar-refractivity contribution in [3.63, 3.8) is 0 Å². The molecule has 2 aromatic carbocycles. The van der Waals surface area contributed by atoms with Gasteiger partial charge in [0.2, 0.25) is 0 Å². The second-order valence-electron chi connectivity index (χ2n) is 6.76. The summed E-state index contributed by atoms with van der Waals surface area (Å²) in [5.41, 5.74) is 4.24. The largest absolute Gasteiger partial charge is 0.347 e. The van der Waals surface area contributed by atoms with Gasteiger partial charge < -0.3 is 4.57 Å². The molecule has 2 heteroatoms. The van der Waals surface area contributed by atoms with E-state index in [9.17, 15) is 4.79 Å². The summed E-state index contributed by atoms with van der Waals surface area (Å²) in [5.74, 6) is 0. The van der Waals surface area contributed by atoms with Crippen LogP contribution in [0.4, 0.5) is 0 Å². The standard InChI is InChI=1S/C23H27NO/c1-3-4-5-6-10-17-21-22(18-13-8-7-9-14-18)23(25)19-15-11-12-16-20(19)24(21)2/h7-9,11-16H,3-6,10,17H2,1-2H3. The molecule has 0 saturated heterocycles. The summed E-state index contributed by atoms with van der Waals surface area (Å²) in [4.78, 5) is 13.2. The Bertz CT molecular complexity index is 893. The number of hydrogen-bond donors (Lipinski definition) is 0. The van der Waals surface area contributed by atoms with E-state index in [1.54, 1.807) is 0 Å². The Kier molecular flexibility index (Phi) is 5.70. The zero-order valence-electron chi connectivity index (χ0n) is 15.3. The predicted molar refractivity (Wildman–Crippen MR) is 107 cm³/mol. The maximum atomic E-state index is 13.2. The van der Waals surface area contributed by atoms with Crippen LogP contribution >= 0.6 is 0 Å². The monoisotopic (exact) mass is 333 g/mol. The van der Waals surface area contributed by atoms with Crippen molar-refractivity contribution in [2.45, 2.75) is 45.4 Å². The van der Waals surface area contributed by atoms with E-state index >= 15 is 0 Å². The average molecular weight is 333 g/mol. The molecule has 0 aliphatic carbocycles. The Morgan fingerprint density at radius 1 is 0.840 bits per heavy atom. The fourth-order valence-corrected chi connectivity index (χ4v) is 3.63. The second-order valence-corrected chi connectivity index (χ2v) is 6.76. The number of nitrogens with zero attached hydrogens (tertiary/aromatic N) is 1. The van der Waals surface area contributed by atoms with Crippen LogP contribution in [0.15, 0.2) is 59.4 Å². The van der Waals surface area contributed by atoms with Gasteiger partial charge in [-0.15, -0.1) is 0 Å². The number of pyridine rings is 1. The molecular weight excluding hydrogens is 306 g/mol. The lowest BCUT2D eigenvalue weighted by Crippen LogP contribution is -2.16. The van der Waals surface area contributed by atoms with Crippen molar-refractivity contribution in [2.75, 3.05) is 0 Å². The number of para-hydroxylation sites is 1. The first-order valence-corrected chi connectivity index (χ1v) is 9.40. The molecule has 0 aliphatic rings. The van der Waals surface area contributed by atoms with Gasteiger partial charge in [-0.05, 0) is 30.5 Å². The first-order chi connectivity index (χ1) is 12.2. The molecule has 0 amide bonds. The van der Waals surface area contributed by atoms with Gasteiger partial charge in [-0.1, -0.05) is 75.1 Å². The Labute approximate surface area is 150 Å². The van der Waals surface area contributed by atoms with Crippen molar-refractivity contribution in [2.24, 2.45) is 7.05 Å². The molecule has 0 bridgehead atoms. The average Bonchev–Trinajstić information content (AvgIpc) is 2.66. The Hall–Kier alpha value is -2.35. The van der Waals surface area contributed by atoms with E-state index in [1.165, 1.54) is 25.7 Å². The van der Waals surface area contributed by atoms with Gasteiger partial charge in [0, 0.05) is 23.7 Å². The Morgan fingerprint density at radius 3 is 2.28 bits per heavy atom. The molecule has 0 atom stereocenters. The van der Waals surface area contributed by atoms with Gasteiger partial charge in [0.25, 0.3) is 0 Å². The van der Waals surface area contributed by atoms with Crippen LogP contribution in [0.2, 0.25) is 0 Å². The summed E-state index contributed by atoms with van der Waals surface area (Å²) in [6.07, 6.45) is 7.13. The Balaban J connectivity index is 2.09. The van der Waals surface area contributed by atoms with Crippen LogP contribution in [0.3, 0.4) is 0 Å². The lowest BCUT2D eigenvalue weighted by atomic mass is 9.97. The van der Waals surface area contributed by atoms with Crippen molar-refractivity contribution in [1.82, 2.24) is 4.57 Å². The number of aromatic nitrogens is 1. The first kappa shape index (κ1) is 17.5. The predicted octanol–water partition coefficient (Wildman–Crippen LogP) is 5.72. The van der Waals surface area contributed by atoms with Crippen LogP contribution in [0.5, 0.6) is 0 Å². The highest BCUT2D eigenvalue weighted by Gasteiger charge is 2.16. The van der Waals surface area contributed by atoms with Crippen molar-refractivity contribution in [3.05, 3.63) is 70.5 Å². The molecule has 1 aromatic heterocycles. The van der Waals surface area contributed by atoms with Crippen molar-refractivity contribution in [1.29, 1.82) is 0 Å². The summed E-state index contributed by atoms with van der Waals surface area (Å²) in [6.45, 7) is 2.24. The topological polar surface area (TPSA) is 22.0 Å². The molecule has 3 rings (SSSR count). The number of hydrogen-bond acceptors (Lipinski definition) is 1. The normalized spacial score (nSPS) is 11.1. The molecule has 3 aromatic rings. The highest BCUT2D eigenvalue weighted by Crippen LogP contribution is 2.25. The van der Waals surface area contributed by atoms with Crippen molar-refractivity contribution >= 4 is 10.9 Å². The second kappa shape index (κ2) is 8.15. The molecular formula is C23H27NO. The SMILES string of the molecule is CCCCCCCc1c(-c2ccccc2)c(=O)c2ccccc2n1C. The molecule has 25 heavy (non-hydrogen) atoms. The molecule has 0 aliphatic heterocycles. The minimum absolute atomic E-state index is 0.156. The molecule has 0 fully saturated rings. The molecule has 0 unspecified atom stereocenters. The zero-order chi connectivity index (χ0) is 17.6. The smallest absolute Gasteiger partial charge is 0.197 e. The third-order valence-corrected chi connectivity index (χ3v) is 5.01. The van der Waals surface area contributed by atoms with E-state index in [0.717, 1.165) is 40.6 Å². The van der Waals surface area contributed by atoms with Crippen molar-refractivity contribution < 1.29 is 0 Å².